The lowest BCUT2D eigenvalue weighted by molar-refractivity contribution is -0.113. The molecule has 184 valence electrons. The number of anilines is 2. The van der Waals surface area contributed by atoms with E-state index < -0.39 is 0 Å². The number of morpholine rings is 1. The van der Waals surface area contributed by atoms with Crippen molar-refractivity contribution in [2.75, 3.05) is 55.4 Å². The Kier molecular flexibility index (Phi) is 7.97. The summed E-state index contributed by atoms with van der Waals surface area (Å²) in [4.78, 5) is 17.4. The van der Waals surface area contributed by atoms with Crippen molar-refractivity contribution in [3.63, 3.8) is 0 Å². The highest BCUT2D eigenvalue weighted by atomic mass is 32.2. The lowest BCUT2D eigenvalue weighted by Crippen LogP contribution is -2.35. The molecule has 1 aromatic heterocycles. The Hall–Kier alpha value is -2.88. The second-order valence-corrected chi connectivity index (χ2v) is 9.87. The van der Waals surface area contributed by atoms with Crippen LogP contribution in [0.2, 0.25) is 0 Å². The van der Waals surface area contributed by atoms with Crippen molar-refractivity contribution in [3.8, 4) is 5.69 Å². The maximum Gasteiger partial charge on any atom is 0.234 e. The number of ether oxygens (including phenoxy) is 1. The van der Waals surface area contributed by atoms with Gasteiger partial charge in [0.15, 0.2) is 5.16 Å². The van der Waals surface area contributed by atoms with Crippen LogP contribution >= 0.6 is 11.8 Å². The fourth-order valence-corrected chi connectivity index (χ4v) is 5.24. The van der Waals surface area contributed by atoms with Gasteiger partial charge in [0.25, 0.3) is 0 Å². The Bertz CT molecular complexity index is 1090. The minimum atomic E-state index is -0.0573. The van der Waals surface area contributed by atoms with Gasteiger partial charge in [-0.2, -0.15) is 0 Å². The van der Waals surface area contributed by atoms with Gasteiger partial charge in [-0.25, -0.2) is 0 Å². The first-order valence-corrected chi connectivity index (χ1v) is 13.3. The van der Waals surface area contributed by atoms with Crippen molar-refractivity contribution in [2.45, 2.75) is 31.0 Å². The van der Waals surface area contributed by atoms with Crippen LogP contribution in [0.3, 0.4) is 0 Å². The normalized spacial score (nSPS) is 16.9. The summed E-state index contributed by atoms with van der Waals surface area (Å²) in [5, 5.41) is 12.7. The molecule has 3 heterocycles. The highest BCUT2D eigenvalue weighted by molar-refractivity contribution is 7.99. The van der Waals surface area contributed by atoms with Crippen LogP contribution in [0.4, 0.5) is 11.6 Å². The van der Waals surface area contributed by atoms with E-state index in [2.05, 4.69) is 54.1 Å². The van der Waals surface area contributed by atoms with E-state index >= 15 is 0 Å². The van der Waals surface area contributed by atoms with Gasteiger partial charge >= 0.3 is 0 Å². The third-order valence-corrected chi connectivity index (χ3v) is 7.28. The molecular formula is C26H32N6O2S. The quantitative estimate of drug-likeness (QED) is 0.479. The Morgan fingerprint density at radius 1 is 0.914 bits per heavy atom. The molecule has 1 amide bonds. The molecule has 2 aliphatic rings. The van der Waals surface area contributed by atoms with Crippen LogP contribution in [0.15, 0.2) is 59.8 Å². The Morgan fingerprint density at radius 2 is 1.66 bits per heavy atom. The molecule has 1 N–H and O–H groups in total. The SMILES string of the molecule is O=C(CSc1nnc(N2CCCCC2)n1-c1ccccc1)Nc1ccc(CN2CCOCC2)cc1. The molecule has 2 aliphatic heterocycles. The van der Waals surface area contributed by atoms with Gasteiger partial charge in [0.05, 0.1) is 24.7 Å². The van der Waals surface area contributed by atoms with Gasteiger partial charge in [0.1, 0.15) is 0 Å². The molecule has 2 saturated heterocycles. The molecule has 0 bridgehead atoms. The summed E-state index contributed by atoms with van der Waals surface area (Å²) < 4.78 is 7.49. The molecule has 5 rings (SSSR count). The summed E-state index contributed by atoms with van der Waals surface area (Å²) in [5.41, 5.74) is 3.05. The molecule has 0 spiro atoms. The third-order valence-electron chi connectivity index (χ3n) is 6.35. The molecule has 35 heavy (non-hydrogen) atoms. The first kappa shape index (κ1) is 23.8. The average Bonchev–Trinajstić information content (AvgIpc) is 3.34. The zero-order valence-electron chi connectivity index (χ0n) is 19.9. The van der Waals surface area contributed by atoms with Crippen molar-refractivity contribution in [1.82, 2.24) is 19.7 Å². The fraction of sp³-hybridized carbons (Fsp3) is 0.423. The Labute approximate surface area is 210 Å². The number of aromatic nitrogens is 3. The maximum atomic E-state index is 12.7. The van der Waals surface area contributed by atoms with Gasteiger partial charge in [0.2, 0.25) is 11.9 Å². The van der Waals surface area contributed by atoms with Gasteiger partial charge in [-0.15, -0.1) is 10.2 Å². The van der Waals surface area contributed by atoms with Crippen molar-refractivity contribution >= 4 is 29.3 Å². The second-order valence-electron chi connectivity index (χ2n) is 8.92. The van der Waals surface area contributed by atoms with Crippen molar-refractivity contribution < 1.29 is 9.53 Å². The van der Waals surface area contributed by atoms with Crippen LogP contribution in [-0.2, 0) is 16.1 Å². The summed E-state index contributed by atoms with van der Waals surface area (Å²) in [6.07, 6.45) is 3.58. The second kappa shape index (κ2) is 11.7. The highest BCUT2D eigenvalue weighted by Gasteiger charge is 2.22. The molecule has 9 heteroatoms. The lowest BCUT2D eigenvalue weighted by atomic mass is 10.1. The highest BCUT2D eigenvalue weighted by Crippen LogP contribution is 2.28. The summed E-state index contributed by atoms with van der Waals surface area (Å²) in [6.45, 7) is 6.38. The number of nitrogens with zero attached hydrogens (tertiary/aromatic N) is 5. The number of rotatable bonds is 8. The Morgan fingerprint density at radius 3 is 2.40 bits per heavy atom. The first-order valence-electron chi connectivity index (χ1n) is 12.3. The number of piperidine rings is 1. The van der Waals surface area contributed by atoms with E-state index in [4.69, 9.17) is 4.74 Å². The number of hydrogen-bond acceptors (Lipinski definition) is 7. The van der Waals surface area contributed by atoms with Crippen LogP contribution in [0.5, 0.6) is 0 Å². The van der Waals surface area contributed by atoms with E-state index in [0.29, 0.717) is 0 Å². The number of thioether (sulfide) groups is 1. The molecule has 0 radical (unpaired) electrons. The van der Waals surface area contributed by atoms with Gasteiger partial charge in [-0.3, -0.25) is 14.3 Å². The summed E-state index contributed by atoms with van der Waals surface area (Å²) >= 11 is 1.41. The molecule has 2 aromatic carbocycles. The van der Waals surface area contributed by atoms with Crippen LogP contribution in [0.25, 0.3) is 5.69 Å². The van der Waals surface area contributed by atoms with Gasteiger partial charge in [-0.05, 0) is 49.1 Å². The van der Waals surface area contributed by atoms with Crippen LogP contribution in [0, 0.1) is 0 Å². The van der Waals surface area contributed by atoms with Crippen molar-refractivity contribution in [2.24, 2.45) is 0 Å². The zero-order valence-corrected chi connectivity index (χ0v) is 20.8. The number of hydrogen-bond donors (Lipinski definition) is 1. The molecule has 0 aliphatic carbocycles. The minimum absolute atomic E-state index is 0.0573. The van der Waals surface area contributed by atoms with E-state index in [-0.39, 0.29) is 11.7 Å². The minimum Gasteiger partial charge on any atom is -0.379 e. The van der Waals surface area contributed by atoms with Gasteiger partial charge in [0, 0.05) is 38.4 Å². The average molecular weight is 493 g/mol. The predicted octanol–water partition coefficient (Wildman–Crippen LogP) is 3.82. The van der Waals surface area contributed by atoms with Crippen molar-refractivity contribution in [3.05, 3.63) is 60.2 Å². The summed E-state index contributed by atoms with van der Waals surface area (Å²) in [5.74, 6) is 1.06. The molecule has 8 nitrogen and oxygen atoms in total. The number of carbonyl (C=O) groups excluding carboxylic acids is 1. The van der Waals surface area contributed by atoms with Crippen LogP contribution < -0.4 is 10.2 Å². The first-order chi connectivity index (χ1) is 17.3. The van der Waals surface area contributed by atoms with Gasteiger partial charge < -0.3 is 15.0 Å². The molecule has 0 saturated carbocycles. The molecular weight excluding hydrogens is 460 g/mol. The van der Waals surface area contributed by atoms with E-state index in [9.17, 15) is 4.79 Å². The lowest BCUT2D eigenvalue weighted by Gasteiger charge is -2.27. The molecule has 0 atom stereocenters. The maximum absolute atomic E-state index is 12.7. The summed E-state index contributed by atoms with van der Waals surface area (Å²) in [6, 6.07) is 18.2. The van der Waals surface area contributed by atoms with Gasteiger partial charge in [-0.1, -0.05) is 42.1 Å². The van der Waals surface area contributed by atoms with E-state index in [1.165, 1.54) is 23.7 Å². The standard InChI is InChI=1S/C26H32N6O2S/c33-24(27-22-11-9-21(10-12-22)19-30-15-17-34-18-16-30)20-35-26-29-28-25(31-13-5-2-6-14-31)32(26)23-7-3-1-4-8-23/h1,3-4,7-12H,2,5-6,13-20H2,(H,27,33). The number of amides is 1. The van der Waals surface area contributed by atoms with Crippen LogP contribution in [-0.4, -0.2) is 70.7 Å². The number of nitrogens with one attached hydrogen (secondary N) is 1. The third kappa shape index (κ3) is 6.22. The van der Waals surface area contributed by atoms with E-state index in [0.717, 1.165) is 81.3 Å². The number of carbonyl (C=O) groups is 1. The summed E-state index contributed by atoms with van der Waals surface area (Å²) in [7, 11) is 0. The molecule has 0 unspecified atom stereocenters. The molecule has 2 fully saturated rings. The Balaban J connectivity index is 1.21. The van der Waals surface area contributed by atoms with Crippen LogP contribution in [0.1, 0.15) is 24.8 Å². The monoisotopic (exact) mass is 492 g/mol. The van der Waals surface area contributed by atoms with E-state index in [1.807, 2.05) is 30.3 Å². The zero-order chi connectivity index (χ0) is 23.9. The fourth-order valence-electron chi connectivity index (χ4n) is 4.50. The van der Waals surface area contributed by atoms with E-state index in [1.54, 1.807) is 0 Å². The number of benzene rings is 2. The predicted molar refractivity (Wildman–Crippen MR) is 139 cm³/mol. The number of para-hydroxylation sites is 1. The smallest absolute Gasteiger partial charge is 0.234 e. The largest absolute Gasteiger partial charge is 0.379 e. The topological polar surface area (TPSA) is 75.5 Å². The molecule has 3 aromatic rings. The van der Waals surface area contributed by atoms with Crippen molar-refractivity contribution in [1.29, 1.82) is 0 Å².